The van der Waals surface area contributed by atoms with Crippen molar-refractivity contribution >= 4 is 40.2 Å². The van der Waals surface area contributed by atoms with E-state index in [0.29, 0.717) is 23.1 Å². The Morgan fingerprint density at radius 1 is 1.15 bits per heavy atom. The zero-order valence-corrected chi connectivity index (χ0v) is 15.7. The molecule has 0 atom stereocenters. The Morgan fingerprint density at radius 2 is 1.92 bits per heavy atom. The molecule has 0 amide bonds. The third kappa shape index (κ3) is 3.88. The first-order valence-corrected chi connectivity index (χ1v) is 9.08. The fraction of sp³-hybridized carbons (Fsp3) is 0.190. The third-order valence-corrected chi connectivity index (χ3v) is 4.94. The lowest BCUT2D eigenvalue weighted by Gasteiger charge is -2.10. The molecule has 1 aromatic heterocycles. The van der Waals surface area contributed by atoms with Gasteiger partial charge in [-0.2, -0.15) is 5.26 Å². The molecule has 0 N–H and O–H groups in total. The van der Waals surface area contributed by atoms with Gasteiger partial charge in [-0.15, -0.1) is 0 Å². The Labute approximate surface area is 163 Å². The Bertz CT molecular complexity index is 965. The van der Waals surface area contributed by atoms with Crippen LogP contribution in [0.5, 0.6) is 5.75 Å². The van der Waals surface area contributed by atoms with Crippen molar-refractivity contribution in [1.82, 2.24) is 4.57 Å². The van der Waals surface area contributed by atoms with Crippen LogP contribution in [0, 0.1) is 11.3 Å². The monoisotopic (exact) mass is 384 g/mol. The third-order valence-electron chi connectivity index (χ3n) is 4.23. The lowest BCUT2D eigenvalue weighted by atomic mass is 10.2. The number of nitrogens with zero attached hydrogens (tertiary/aromatic N) is 2. The van der Waals surface area contributed by atoms with Crippen LogP contribution >= 0.6 is 23.2 Å². The van der Waals surface area contributed by atoms with E-state index in [2.05, 4.69) is 23.3 Å². The zero-order chi connectivity index (χ0) is 18.5. The van der Waals surface area contributed by atoms with Gasteiger partial charge in [0, 0.05) is 45.2 Å². The van der Waals surface area contributed by atoms with Gasteiger partial charge in [0.25, 0.3) is 0 Å². The van der Waals surface area contributed by atoms with Crippen molar-refractivity contribution in [3.05, 3.63) is 70.3 Å². The van der Waals surface area contributed by atoms with Gasteiger partial charge in [0.05, 0.1) is 6.07 Å². The summed E-state index contributed by atoms with van der Waals surface area (Å²) in [5, 5.41) is 11.0. The van der Waals surface area contributed by atoms with Gasteiger partial charge in [-0.25, -0.2) is 0 Å². The van der Waals surface area contributed by atoms with Gasteiger partial charge < -0.3 is 9.30 Å². The molecule has 3 rings (SSSR count). The number of nitriles is 1. The second-order valence-corrected chi connectivity index (χ2v) is 6.71. The summed E-state index contributed by atoms with van der Waals surface area (Å²) < 4.78 is 8.07. The summed E-state index contributed by atoms with van der Waals surface area (Å²) >= 11 is 12.4. The number of unbranched alkanes of at least 4 members (excludes halogenated alkanes) is 1. The fourth-order valence-electron chi connectivity index (χ4n) is 2.92. The molecule has 0 radical (unpaired) electrons. The van der Waals surface area contributed by atoms with Crippen LogP contribution in [0.1, 0.15) is 24.1 Å². The molecule has 0 spiro atoms. The molecule has 2 aromatic carbocycles. The number of aromatic nitrogens is 1. The number of rotatable bonds is 7. The smallest absolute Gasteiger partial charge is 0.120 e. The summed E-state index contributed by atoms with van der Waals surface area (Å²) in [6.45, 7) is 4.98. The topological polar surface area (TPSA) is 38.0 Å². The molecule has 3 nitrogen and oxygen atoms in total. The minimum atomic E-state index is 0.307. The number of hydrogen-bond donors (Lipinski definition) is 0. The van der Waals surface area contributed by atoms with E-state index < -0.39 is 0 Å². The highest BCUT2D eigenvalue weighted by Gasteiger charge is 2.10. The molecule has 0 bridgehead atoms. The number of benzene rings is 2. The predicted molar refractivity (Wildman–Crippen MR) is 108 cm³/mol. The summed E-state index contributed by atoms with van der Waals surface area (Å²) in [6, 6.07) is 15.6. The Morgan fingerprint density at radius 3 is 2.62 bits per heavy atom. The molecule has 0 aliphatic carbocycles. The molecular weight excluding hydrogens is 367 g/mol. The maximum absolute atomic E-state index is 8.75. The van der Waals surface area contributed by atoms with Crippen LogP contribution in [0.2, 0.25) is 10.0 Å². The number of fused-ring (bicyclic) bond motifs is 1. The molecule has 0 saturated carbocycles. The fourth-order valence-corrected chi connectivity index (χ4v) is 3.43. The second-order valence-electron chi connectivity index (χ2n) is 5.90. The van der Waals surface area contributed by atoms with Crippen molar-refractivity contribution in [2.24, 2.45) is 0 Å². The molecule has 3 aromatic rings. The highest BCUT2D eigenvalue weighted by molar-refractivity contribution is 6.35. The van der Waals surface area contributed by atoms with E-state index in [1.54, 1.807) is 12.1 Å². The van der Waals surface area contributed by atoms with Crippen molar-refractivity contribution in [2.45, 2.75) is 26.0 Å². The van der Waals surface area contributed by atoms with Crippen LogP contribution in [-0.4, -0.2) is 4.57 Å². The predicted octanol–water partition coefficient (Wildman–Crippen LogP) is 6.47. The van der Waals surface area contributed by atoms with Crippen molar-refractivity contribution in [2.75, 3.05) is 0 Å². The SMILES string of the molecule is C=Cc1cc2cc(OCc3c(Cl)cccc3Cl)ccc2n1CCCC#N. The molecule has 0 aliphatic rings. The maximum Gasteiger partial charge on any atom is 0.120 e. The lowest BCUT2D eigenvalue weighted by Crippen LogP contribution is -2.00. The van der Waals surface area contributed by atoms with E-state index in [1.807, 2.05) is 30.3 Å². The van der Waals surface area contributed by atoms with Crippen molar-refractivity contribution in [3.63, 3.8) is 0 Å². The van der Waals surface area contributed by atoms with Gasteiger partial charge >= 0.3 is 0 Å². The Balaban J connectivity index is 1.83. The Hall–Kier alpha value is -2.41. The van der Waals surface area contributed by atoms with Crippen molar-refractivity contribution in [3.8, 4) is 11.8 Å². The van der Waals surface area contributed by atoms with Gasteiger partial charge in [-0.3, -0.25) is 0 Å². The molecule has 0 fully saturated rings. The van der Waals surface area contributed by atoms with Crippen LogP contribution in [0.15, 0.2) is 49.0 Å². The quantitative estimate of drug-likeness (QED) is 0.437. The summed E-state index contributed by atoms with van der Waals surface area (Å²) in [5.41, 5.74) is 2.90. The van der Waals surface area contributed by atoms with E-state index in [1.165, 1.54) is 0 Å². The van der Waals surface area contributed by atoms with Gasteiger partial charge in [-0.05, 0) is 48.9 Å². The standard InChI is InChI=1S/C21H18Cl2N2O/c1-2-16-12-15-13-17(8-9-21(15)25(16)11-4-3-10-24)26-14-18-19(22)6-5-7-20(18)23/h2,5-9,12-13H,1,3-4,11,14H2. The van der Waals surface area contributed by atoms with E-state index in [9.17, 15) is 0 Å². The highest BCUT2D eigenvalue weighted by Crippen LogP contribution is 2.29. The molecule has 0 aliphatic heterocycles. The Kier molecular flexibility index (Phi) is 5.88. The minimum absolute atomic E-state index is 0.307. The van der Waals surface area contributed by atoms with Crippen molar-refractivity contribution in [1.29, 1.82) is 5.26 Å². The van der Waals surface area contributed by atoms with Crippen LogP contribution in [0.4, 0.5) is 0 Å². The largest absolute Gasteiger partial charge is 0.489 e. The van der Waals surface area contributed by atoms with Gasteiger partial charge in [-0.1, -0.05) is 35.8 Å². The van der Waals surface area contributed by atoms with Crippen LogP contribution in [-0.2, 0) is 13.2 Å². The van der Waals surface area contributed by atoms with Crippen LogP contribution in [0.3, 0.4) is 0 Å². The maximum atomic E-state index is 8.75. The first kappa shape index (κ1) is 18.4. The van der Waals surface area contributed by atoms with Crippen LogP contribution in [0.25, 0.3) is 17.0 Å². The lowest BCUT2D eigenvalue weighted by molar-refractivity contribution is 0.307. The minimum Gasteiger partial charge on any atom is -0.489 e. The molecule has 0 unspecified atom stereocenters. The number of halogens is 2. The number of ether oxygens (including phenoxy) is 1. The summed E-state index contributed by atoms with van der Waals surface area (Å²) in [7, 11) is 0. The van der Waals surface area contributed by atoms with Crippen molar-refractivity contribution < 1.29 is 4.74 Å². The number of aryl methyl sites for hydroxylation is 1. The summed E-state index contributed by atoms with van der Waals surface area (Å²) in [5.74, 6) is 0.748. The molecule has 0 saturated heterocycles. The summed E-state index contributed by atoms with van der Waals surface area (Å²) in [6.07, 6.45) is 3.18. The summed E-state index contributed by atoms with van der Waals surface area (Å²) in [4.78, 5) is 0. The molecular formula is C21H18Cl2N2O. The second kappa shape index (κ2) is 8.31. The first-order valence-electron chi connectivity index (χ1n) is 8.32. The first-order chi connectivity index (χ1) is 12.6. The van der Waals surface area contributed by atoms with E-state index in [-0.39, 0.29) is 0 Å². The van der Waals surface area contributed by atoms with E-state index in [0.717, 1.165) is 40.9 Å². The average Bonchev–Trinajstić information content (AvgIpc) is 2.98. The normalized spacial score (nSPS) is 10.7. The highest BCUT2D eigenvalue weighted by atomic mass is 35.5. The van der Waals surface area contributed by atoms with Gasteiger partial charge in [0.2, 0.25) is 0 Å². The zero-order valence-electron chi connectivity index (χ0n) is 14.2. The average molecular weight is 385 g/mol. The molecule has 26 heavy (non-hydrogen) atoms. The molecule has 132 valence electrons. The van der Waals surface area contributed by atoms with Crippen LogP contribution < -0.4 is 4.74 Å². The molecule has 1 heterocycles. The molecule has 5 heteroatoms. The van der Waals surface area contributed by atoms with E-state index >= 15 is 0 Å². The van der Waals surface area contributed by atoms with E-state index in [4.69, 9.17) is 33.2 Å². The van der Waals surface area contributed by atoms with Gasteiger partial charge in [0.15, 0.2) is 0 Å². The number of hydrogen-bond acceptors (Lipinski definition) is 2. The van der Waals surface area contributed by atoms with Gasteiger partial charge in [0.1, 0.15) is 12.4 Å².